The van der Waals surface area contributed by atoms with Crippen LogP contribution in [0.1, 0.15) is 25.2 Å². The summed E-state index contributed by atoms with van der Waals surface area (Å²) in [6.07, 6.45) is 0. The molecule has 0 unspecified atom stereocenters. The van der Waals surface area contributed by atoms with Crippen molar-refractivity contribution in [1.82, 2.24) is 4.90 Å². The van der Waals surface area contributed by atoms with Crippen molar-refractivity contribution in [1.29, 1.82) is 0 Å². The van der Waals surface area contributed by atoms with Crippen molar-refractivity contribution in [3.05, 3.63) is 52.4 Å². The van der Waals surface area contributed by atoms with Crippen molar-refractivity contribution >= 4 is 21.6 Å². The second-order valence-corrected chi connectivity index (χ2v) is 5.46. The number of furan rings is 1. The average molecular weight is 337 g/mol. The number of halogens is 1. The van der Waals surface area contributed by atoms with Gasteiger partial charge in [-0.3, -0.25) is 4.90 Å². The van der Waals surface area contributed by atoms with Crippen molar-refractivity contribution in [2.45, 2.75) is 26.9 Å². The summed E-state index contributed by atoms with van der Waals surface area (Å²) in [4.78, 5) is 2.41. The first-order valence-corrected chi connectivity index (χ1v) is 7.80. The molecule has 0 amide bonds. The van der Waals surface area contributed by atoms with Gasteiger partial charge in [-0.15, -0.1) is 0 Å². The number of nitrogens with zero attached hydrogens (tertiary/aromatic N) is 1. The van der Waals surface area contributed by atoms with Gasteiger partial charge in [0.25, 0.3) is 0 Å². The third-order valence-electron chi connectivity index (χ3n) is 3.39. The molecule has 2 aromatic rings. The molecule has 0 bridgehead atoms. The minimum atomic E-state index is 0.695. The highest BCUT2D eigenvalue weighted by molar-refractivity contribution is 9.10. The smallest absolute Gasteiger partial charge is 0.169 e. The molecule has 0 saturated heterocycles. The minimum Gasteiger partial charge on any atom is -0.452 e. The zero-order valence-electron chi connectivity index (χ0n) is 12.0. The summed E-state index contributed by atoms with van der Waals surface area (Å²) in [7, 11) is 0. The van der Waals surface area contributed by atoms with E-state index < -0.39 is 0 Å². The van der Waals surface area contributed by atoms with Crippen LogP contribution in [0.25, 0.3) is 0 Å². The van der Waals surface area contributed by atoms with Crippen LogP contribution in [0.4, 0.5) is 5.69 Å². The van der Waals surface area contributed by atoms with E-state index in [2.05, 4.69) is 64.3 Å². The van der Waals surface area contributed by atoms with Gasteiger partial charge in [0.05, 0.1) is 6.54 Å². The van der Waals surface area contributed by atoms with Gasteiger partial charge in [-0.05, 0) is 52.8 Å². The first kappa shape index (κ1) is 15.1. The van der Waals surface area contributed by atoms with E-state index in [4.69, 9.17) is 4.42 Å². The Bertz CT molecular complexity index is 535. The van der Waals surface area contributed by atoms with Gasteiger partial charge in [0, 0.05) is 12.2 Å². The molecule has 0 fully saturated rings. The van der Waals surface area contributed by atoms with Gasteiger partial charge in [0.15, 0.2) is 4.67 Å². The monoisotopic (exact) mass is 336 g/mol. The number of benzene rings is 1. The van der Waals surface area contributed by atoms with Gasteiger partial charge in [0.1, 0.15) is 5.76 Å². The number of nitrogens with one attached hydrogen (secondary N) is 1. The van der Waals surface area contributed by atoms with Crippen molar-refractivity contribution in [3.63, 3.8) is 0 Å². The van der Waals surface area contributed by atoms with Crippen LogP contribution < -0.4 is 5.32 Å². The van der Waals surface area contributed by atoms with Gasteiger partial charge < -0.3 is 9.73 Å². The molecule has 0 aliphatic heterocycles. The molecule has 0 radical (unpaired) electrons. The van der Waals surface area contributed by atoms with E-state index in [0.29, 0.717) is 6.54 Å². The van der Waals surface area contributed by atoms with Crippen molar-refractivity contribution in [2.75, 3.05) is 18.4 Å². The molecule has 0 atom stereocenters. The lowest BCUT2D eigenvalue weighted by molar-refractivity contribution is 0.296. The SMILES string of the molecule is CCN(CC)Cc1ccccc1NCc1ccc(Br)o1. The van der Waals surface area contributed by atoms with Crippen molar-refractivity contribution < 1.29 is 4.42 Å². The molecule has 1 aromatic carbocycles. The Hall–Kier alpha value is -1.26. The molecule has 20 heavy (non-hydrogen) atoms. The van der Waals surface area contributed by atoms with Gasteiger partial charge in [-0.2, -0.15) is 0 Å². The lowest BCUT2D eigenvalue weighted by Gasteiger charge is -2.20. The van der Waals surface area contributed by atoms with Crippen LogP contribution in [-0.4, -0.2) is 18.0 Å². The predicted molar refractivity (Wildman–Crippen MR) is 86.8 cm³/mol. The molecule has 1 N–H and O–H groups in total. The van der Waals surface area contributed by atoms with Crippen LogP contribution in [-0.2, 0) is 13.1 Å². The zero-order chi connectivity index (χ0) is 14.4. The van der Waals surface area contributed by atoms with Crippen molar-refractivity contribution in [3.8, 4) is 0 Å². The summed E-state index contributed by atoms with van der Waals surface area (Å²) < 4.78 is 6.28. The van der Waals surface area contributed by atoms with Crippen LogP contribution >= 0.6 is 15.9 Å². The zero-order valence-corrected chi connectivity index (χ0v) is 13.6. The van der Waals surface area contributed by atoms with E-state index in [0.717, 1.165) is 30.1 Å². The predicted octanol–water partition coefficient (Wildman–Crippen LogP) is 4.50. The van der Waals surface area contributed by atoms with Gasteiger partial charge in [-0.1, -0.05) is 32.0 Å². The van der Waals surface area contributed by atoms with E-state index in [9.17, 15) is 0 Å². The standard InChI is InChI=1S/C16H21BrN2O/c1-3-19(4-2)12-13-7-5-6-8-15(13)18-11-14-9-10-16(17)20-14/h5-10,18H,3-4,11-12H2,1-2H3. The molecular formula is C16H21BrN2O. The summed E-state index contributed by atoms with van der Waals surface area (Å²) in [5.74, 6) is 0.925. The fourth-order valence-corrected chi connectivity index (χ4v) is 2.49. The Morgan fingerprint density at radius 2 is 1.85 bits per heavy atom. The van der Waals surface area contributed by atoms with E-state index in [1.54, 1.807) is 0 Å². The fraction of sp³-hybridized carbons (Fsp3) is 0.375. The van der Waals surface area contributed by atoms with Crippen molar-refractivity contribution in [2.24, 2.45) is 0 Å². The Morgan fingerprint density at radius 3 is 2.50 bits per heavy atom. The highest BCUT2D eigenvalue weighted by atomic mass is 79.9. The first-order valence-electron chi connectivity index (χ1n) is 7.01. The molecule has 3 nitrogen and oxygen atoms in total. The topological polar surface area (TPSA) is 28.4 Å². The minimum absolute atomic E-state index is 0.695. The Labute approximate surface area is 129 Å². The number of hydrogen-bond donors (Lipinski definition) is 1. The summed E-state index contributed by atoms with van der Waals surface area (Å²) >= 11 is 3.32. The quantitative estimate of drug-likeness (QED) is 0.807. The van der Waals surface area contributed by atoms with E-state index in [1.807, 2.05) is 12.1 Å². The average Bonchev–Trinajstić information content (AvgIpc) is 2.89. The molecule has 4 heteroatoms. The number of para-hydroxylation sites is 1. The maximum absolute atomic E-state index is 5.51. The largest absolute Gasteiger partial charge is 0.452 e. The third-order valence-corrected chi connectivity index (χ3v) is 3.81. The van der Waals surface area contributed by atoms with E-state index >= 15 is 0 Å². The lowest BCUT2D eigenvalue weighted by atomic mass is 10.1. The van der Waals surface area contributed by atoms with Crippen LogP contribution in [0.3, 0.4) is 0 Å². The van der Waals surface area contributed by atoms with E-state index in [-0.39, 0.29) is 0 Å². The summed E-state index contributed by atoms with van der Waals surface area (Å²) in [5, 5.41) is 3.46. The molecule has 0 spiro atoms. The molecule has 0 aliphatic carbocycles. The highest BCUT2D eigenvalue weighted by Gasteiger charge is 2.06. The summed E-state index contributed by atoms with van der Waals surface area (Å²) in [6, 6.07) is 12.3. The fourth-order valence-electron chi connectivity index (χ4n) is 2.15. The molecule has 1 aromatic heterocycles. The lowest BCUT2D eigenvalue weighted by Crippen LogP contribution is -2.22. The number of hydrogen-bond acceptors (Lipinski definition) is 3. The Kier molecular flexibility index (Phi) is 5.68. The van der Waals surface area contributed by atoms with E-state index in [1.165, 1.54) is 11.3 Å². The molecule has 1 heterocycles. The number of anilines is 1. The normalized spacial score (nSPS) is 11.0. The van der Waals surface area contributed by atoms with Crippen LogP contribution in [0.5, 0.6) is 0 Å². The second-order valence-electron chi connectivity index (χ2n) is 4.68. The van der Waals surface area contributed by atoms with Gasteiger partial charge in [-0.25, -0.2) is 0 Å². The second kappa shape index (κ2) is 7.50. The molecule has 0 saturated carbocycles. The Balaban J connectivity index is 2.03. The summed E-state index contributed by atoms with van der Waals surface area (Å²) in [5.41, 5.74) is 2.49. The van der Waals surface area contributed by atoms with Crippen LogP contribution in [0.2, 0.25) is 0 Å². The van der Waals surface area contributed by atoms with Gasteiger partial charge in [0.2, 0.25) is 0 Å². The Morgan fingerprint density at radius 1 is 1.10 bits per heavy atom. The molecule has 108 valence electrons. The van der Waals surface area contributed by atoms with Crippen LogP contribution in [0, 0.1) is 0 Å². The van der Waals surface area contributed by atoms with Gasteiger partial charge >= 0.3 is 0 Å². The maximum Gasteiger partial charge on any atom is 0.169 e. The first-order chi connectivity index (χ1) is 9.72. The van der Waals surface area contributed by atoms with Crippen LogP contribution in [0.15, 0.2) is 45.5 Å². The highest BCUT2D eigenvalue weighted by Crippen LogP contribution is 2.20. The number of rotatable bonds is 7. The molecule has 2 rings (SSSR count). The maximum atomic E-state index is 5.51. The third kappa shape index (κ3) is 4.12. The molecular weight excluding hydrogens is 316 g/mol. The molecule has 0 aliphatic rings. The summed E-state index contributed by atoms with van der Waals surface area (Å²) in [6.45, 7) is 8.19.